The minimum absolute atomic E-state index is 0.0346. The number of hydrogen-bond acceptors (Lipinski definition) is 5. The van der Waals surface area contributed by atoms with Gasteiger partial charge in [-0.3, -0.25) is 4.79 Å². The molecule has 0 atom stereocenters. The molecule has 0 spiro atoms. The molecular weight excluding hydrogens is 280 g/mol. The summed E-state index contributed by atoms with van der Waals surface area (Å²) in [5, 5.41) is 0. The molecule has 0 saturated heterocycles. The Bertz CT molecular complexity index is 644. The minimum Gasteiger partial charge on any atom is -0.468 e. The van der Waals surface area contributed by atoms with Crippen molar-refractivity contribution in [1.29, 1.82) is 0 Å². The van der Waals surface area contributed by atoms with Gasteiger partial charge in [-0.25, -0.2) is 8.42 Å². The Hall–Kier alpha value is -1.88. The number of nitrogens with two attached hydrogens (primary N) is 1. The summed E-state index contributed by atoms with van der Waals surface area (Å²) in [7, 11) is -1.31. The Labute approximate surface area is 118 Å². The lowest BCUT2D eigenvalue weighted by atomic mass is 10.2. The number of carbonyl (C=O) groups is 1. The van der Waals surface area contributed by atoms with Crippen LogP contribution < -0.4 is 5.73 Å². The van der Waals surface area contributed by atoms with Crippen LogP contribution in [0.15, 0.2) is 29.2 Å². The largest absolute Gasteiger partial charge is 0.468 e. The van der Waals surface area contributed by atoms with Gasteiger partial charge in [0.1, 0.15) is 6.54 Å². The van der Waals surface area contributed by atoms with Gasteiger partial charge in [0, 0.05) is 12.6 Å². The zero-order chi connectivity index (χ0) is 15.2. The van der Waals surface area contributed by atoms with Crippen LogP contribution in [0.25, 0.3) is 0 Å². The van der Waals surface area contributed by atoms with Crippen LogP contribution in [0.1, 0.15) is 5.56 Å². The molecule has 0 heterocycles. The van der Waals surface area contributed by atoms with Crippen LogP contribution in [0.4, 0.5) is 0 Å². The molecule has 20 heavy (non-hydrogen) atoms. The Morgan fingerprint density at radius 3 is 2.65 bits per heavy atom. The van der Waals surface area contributed by atoms with Gasteiger partial charge in [-0.2, -0.15) is 4.31 Å². The Kier molecular flexibility index (Phi) is 5.70. The van der Waals surface area contributed by atoms with Gasteiger partial charge >= 0.3 is 5.97 Å². The summed E-state index contributed by atoms with van der Waals surface area (Å²) < 4.78 is 30.1. The summed E-state index contributed by atoms with van der Waals surface area (Å²) in [6, 6.07) is 6.29. The molecule has 0 aromatic heterocycles. The Morgan fingerprint density at radius 1 is 1.40 bits per heavy atom. The highest BCUT2D eigenvalue weighted by molar-refractivity contribution is 7.89. The lowest BCUT2D eigenvalue weighted by Gasteiger charge is -2.16. The van der Waals surface area contributed by atoms with Crippen molar-refractivity contribution in [1.82, 2.24) is 4.31 Å². The summed E-state index contributed by atoms with van der Waals surface area (Å²) in [6.45, 7) is -0.232. The van der Waals surface area contributed by atoms with E-state index in [1.165, 1.54) is 20.2 Å². The first-order valence-electron chi connectivity index (χ1n) is 5.74. The van der Waals surface area contributed by atoms with Crippen molar-refractivity contribution in [2.24, 2.45) is 5.73 Å². The zero-order valence-electron chi connectivity index (χ0n) is 11.3. The number of rotatable bonds is 4. The van der Waals surface area contributed by atoms with Crippen LogP contribution in [-0.4, -0.2) is 45.9 Å². The van der Waals surface area contributed by atoms with Crippen molar-refractivity contribution >= 4 is 16.0 Å². The van der Waals surface area contributed by atoms with E-state index < -0.39 is 16.0 Å². The highest BCUT2D eigenvalue weighted by atomic mass is 32.2. The molecule has 0 saturated carbocycles. The number of likely N-dealkylation sites (N-methyl/N-ethyl adjacent to an activating group) is 1. The quantitative estimate of drug-likeness (QED) is 0.613. The molecule has 1 rings (SSSR count). The SMILES string of the molecule is COC(=O)CN(C)S(=O)(=O)c1ccccc1C#CCN. The van der Waals surface area contributed by atoms with E-state index in [9.17, 15) is 13.2 Å². The van der Waals surface area contributed by atoms with Crippen LogP contribution in [0.5, 0.6) is 0 Å². The molecule has 1 aromatic carbocycles. The van der Waals surface area contributed by atoms with Crippen molar-refractivity contribution in [3.63, 3.8) is 0 Å². The number of carbonyl (C=O) groups excluding carboxylic acids is 1. The van der Waals surface area contributed by atoms with E-state index in [4.69, 9.17) is 5.73 Å². The second-order valence-corrected chi connectivity index (χ2v) is 5.85. The molecule has 0 aliphatic rings. The van der Waals surface area contributed by atoms with E-state index in [0.29, 0.717) is 5.56 Å². The molecule has 0 radical (unpaired) electrons. The molecular formula is C13H16N2O4S. The number of nitrogens with zero attached hydrogens (tertiary/aromatic N) is 1. The summed E-state index contributed by atoms with van der Waals surface area (Å²) in [6.07, 6.45) is 0. The Morgan fingerprint density at radius 2 is 2.05 bits per heavy atom. The summed E-state index contributed by atoms with van der Waals surface area (Å²) in [4.78, 5) is 11.2. The molecule has 6 nitrogen and oxygen atoms in total. The molecule has 0 fully saturated rings. The van der Waals surface area contributed by atoms with Gasteiger partial charge in [0.15, 0.2) is 0 Å². The number of benzene rings is 1. The predicted octanol–water partition coefficient (Wildman–Crippen LogP) is -0.210. The molecule has 1 aromatic rings. The monoisotopic (exact) mass is 296 g/mol. The first-order valence-corrected chi connectivity index (χ1v) is 7.18. The maximum absolute atomic E-state index is 12.4. The number of ether oxygens (including phenoxy) is 1. The summed E-state index contributed by atoms with van der Waals surface area (Å²) in [5.74, 6) is 4.68. The van der Waals surface area contributed by atoms with E-state index in [-0.39, 0.29) is 18.0 Å². The average molecular weight is 296 g/mol. The van der Waals surface area contributed by atoms with Gasteiger partial charge in [0.2, 0.25) is 10.0 Å². The first-order chi connectivity index (χ1) is 9.43. The smallest absolute Gasteiger partial charge is 0.321 e. The molecule has 0 amide bonds. The maximum Gasteiger partial charge on any atom is 0.321 e. The fourth-order valence-electron chi connectivity index (χ4n) is 1.44. The number of hydrogen-bond donors (Lipinski definition) is 1. The third kappa shape index (κ3) is 3.81. The van der Waals surface area contributed by atoms with Gasteiger partial charge in [0.05, 0.1) is 18.6 Å². The third-order valence-corrected chi connectivity index (χ3v) is 4.34. The molecule has 2 N–H and O–H groups in total. The number of methoxy groups -OCH3 is 1. The van der Waals surface area contributed by atoms with Crippen molar-refractivity contribution in [2.45, 2.75) is 4.90 Å². The minimum atomic E-state index is -3.82. The Balaban J connectivity index is 3.19. The molecule has 7 heteroatoms. The molecule has 0 unspecified atom stereocenters. The molecule has 108 valence electrons. The van der Waals surface area contributed by atoms with Crippen molar-refractivity contribution < 1.29 is 17.9 Å². The molecule has 0 bridgehead atoms. The number of sulfonamides is 1. The third-order valence-electron chi connectivity index (χ3n) is 2.48. The van der Waals surface area contributed by atoms with E-state index in [2.05, 4.69) is 16.6 Å². The second-order valence-electron chi connectivity index (χ2n) is 3.84. The van der Waals surface area contributed by atoms with Crippen LogP contribution in [-0.2, 0) is 19.6 Å². The van der Waals surface area contributed by atoms with Crippen molar-refractivity contribution in [2.75, 3.05) is 27.2 Å². The van der Waals surface area contributed by atoms with Crippen molar-refractivity contribution in [3.05, 3.63) is 29.8 Å². The van der Waals surface area contributed by atoms with Crippen LogP contribution >= 0.6 is 0 Å². The summed E-state index contributed by atoms with van der Waals surface area (Å²) >= 11 is 0. The van der Waals surface area contributed by atoms with Gasteiger partial charge in [-0.15, -0.1) is 0 Å². The fourth-order valence-corrected chi connectivity index (χ4v) is 2.70. The van der Waals surface area contributed by atoms with E-state index in [0.717, 1.165) is 4.31 Å². The molecule has 0 aliphatic carbocycles. The zero-order valence-corrected chi connectivity index (χ0v) is 12.1. The maximum atomic E-state index is 12.4. The van der Waals surface area contributed by atoms with Crippen LogP contribution in [0.3, 0.4) is 0 Å². The second kappa shape index (κ2) is 7.05. The lowest BCUT2D eigenvalue weighted by molar-refractivity contribution is -0.140. The fraction of sp³-hybridized carbons (Fsp3) is 0.308. The van der Waals surface area contributed by atoms with Gasteiger partial charge in [0.25, 0.3) is 0 Å². The van der Waals surface area contributed by atoms with Crippen LogP contribution in [0, 0.1) is 11.8 Å². The standard InChI is InChI=1S/C13H16N2O4S/c1-15(10-13(16)19-2)20(17,18)12-8-4-3-6-11(12)7-5-9-14/h3-4,6,8H,9-10,14H2,1-2H3. The molecule has 0 aliphatic heterocycles. The van der Waals surface area contributed by atoms with Gasteiger partial charge in [-0.05, 0) is 12.1 Å². The van der Waals surface area contributed by atoms with Crippen molar-refractivity contribution in [3.8, 4) is 11.8 Å². The lowest BCUT2D eigenvalue weighted by Crippen LogP contribution is -2.33. The number of esters is 1. The van der Waals surface area contributed by atoms with E-state index in [1.54, 1.807) is 18.2 Å². The highest BCUT2D eigenvalue weighted by Gasteiger charge is 2.25. The van der Waals surface area contributed by atoms with Gasteiger partial charge < -0.3 is 10.5 Å². The first kappa shape index (κ1) is 16.2. The summed E-state index contributed by atoms with van der Waals surface area (Å²) in [5.41, 5.74) is 5.63. The highest BCUT2D eigenvalue weighted by Crippen LogP contribution is 2.18. The van der Waals surface area contributed by atoms with E-state index >= 15 is 0 Å². The topological polar surface area (TPSA) is 89.7 Å². The van der Waals surface area contributed by atoms with E-state index in [1.807, 2.05) is 0 Å². The predicted molar refractivity (Wildman–Crippen MR) is 74.2 cm³/mol. The van der Waals surface area contributed by atoms with Crippen LogP contribution in [0.2, 0.25) is 0 Å². The normalized spacial score (nSPS) is 10.8. The average Bonchev–Trinajstić information content (AvgIpc) is 2.45. The van der Waals surface area contributed by atoms with Gasteiger partial charge in [-0.1, -0.05) is 24.0 Å².